The van der Waals surface area contributed by atoms with E-state index >= 15 is 0 Å². The van der Waals surface area contributed by atoms with Gasteiger partial charge in [-0.1, -0.05) is 32.6 Å². The number of benzene rings is 1. The maximum absolute atomic E-state index is 13.9. The summed E-state index contributed by atoms with van der Waals surface area (Å²) in [6.45, 7) is 21.4. The number of carbonyl (C=O) groups is 3. The number of carbonyl (C=O) groups excluding carboxylic acids is 3. The summed E-state index contributed by atoms with van der Waals surface area (Å²) in [6.07, 6.45) is 0.511. The van der Waals surface area contributed by atoms with Crippen molar-refractivity contribution in [2.45, 2.75) is 98.5 Å². The number of piperidine rings is 1. The zero-order valence-corrected chi connectivity index (χ0v) is 30.2. The average molecular weight is 678 g/mol. The number of anilines is 3. The molecule has 3 amide bonds. The second kappa shape index (κ2) is 14.9. The largest absolute Gasteiger partial charge is 0.444 e. The monoisotopic (exact) mass is 677 g/mol. The summed E-state index contributed by atoms with van der Waals surface area (Å²) in [5.74, 6) is 0.545. The lowest BCUT2D eigenvalue weighted by atomic mass is 9.94. The van der Waals surface area contributed by atoms with Gasteiger partial charge in [-0.3, -0.25) is 9.69 Å². The Labute approximate surface area is 288 Å². The molecule has 0 saturated carbocycles. The molecule has 0 radical (unpaired) electrons. The van der Waals surface area contributed by atoms with Crippen LogP contribution in [0.4, 0.5) is 26.9 Å². The smallest absolute Gasteiger partial charge is 0.416 e. The molecule has 13 nitrogen and oxygen atoms in total. The fraction of sp³-hybridized carbons (Fsp3) is 0.528. The molecule has 1 fully saturated rings. The van der Waals surface area contributed by atoms with Crippen molar-refractivity contribution >= 4 is 41.1 Å². The third kappa shape index (κ3) is 9.94. The van der Waals surface area contributed by atoms with Gasteiger partial charge in [0, 0.05) is 41.9 Å². The molecular weight excluding hydrogens is 626 g/mol. The molecule has 3 N–H and O–H groups in total. The van der Waals surface area contributed by atoms with Gasteiger partial charge in [-0.25, -0.2) is 14.6 Å². The molecule has 4 rings (SSSR count). The number of aliphatic hydroxyl groups excluding tert-OH is 1. The predicted octanol–water partition coefficient (Wildman–Crippen LogP) is 6.34. The van der Waals surface area contributed by atoms with E-state index in [0.29, 0.717) is 48.1 Å². The van der Waals surface area contributed by atoms with Crippen LogP contribution < -0.4 is 15.5 Å². The molecule has 0 bridgehead atoms. The standard InChI is InChI=1S/C36H51N7O6/c1-22(2)27-19-38-43-30(42(34(47)49-36(8,9)10)20-24-12-11-13-26(16-24)39-32(45)23(3)4)17-29(40-31(27)43)37-18-25-14-15-41(21-28(25)44)33(46)48-35(5,6)7/h11-13,16-17,19,22,25,28,44H,3,14-15,18,20-21H2,1-2,4-10H3,(H,37,40)(H,39,45)/t25-,28+/m1/s1. The lowest BCUT2D eigenvalue weighted by molar-refractivity contribution is -0.112. The topological polar surface area (TPSA) is 151 Å². The zero-order chi connectivity index (χ0) is 36.3. The van der Waals surface area contributed by atoms with Gasteiger partial charge in [-0.2, -0.15) is 9.61 Å². The van der Waals surface area contributed by atoms with Crippen LogP contribution in [0.3, 0.4) is 0 Å². The molecule has 1 aliphatic heterocycles. The van der Waals surface area contributed by atoms with Gasteiger partial charge in [-0.05, 0) is 78.5 Å². The normalized spacial score (nSPS) is 16.8. The van der Waals surface area contributed by atoms with Crippen LogP contribution in [0.15, 0.2) is 48.7 Å². The molecule has 2 atom stereocenters. The Balaban J connectivity index is 1.66. The van der Waals surface area contributed by atoms with Crippen LogP contribution in [0.25, 0.3) is 5.65 Å². The second-order valence-electron chi connectivity index (χ2n) is 14.9. The third-order valence-corrected chi connectivity index (χ3v) is 7.82. The van der Waals surface area contributed by atoms with Crippen molar-refractivity contribution in [2.24, 2.45) is 5.92 Å². The molecule has 266 valence electrons. The van der Waals surface area contributed by atoms with E-state index in [4.69, 9.17) is 14.5 Å². The number of hydrogen-bond donors (Lipinski definition) is 3. The zero-order valence-electron chi connectivity index (χ0n) is 30.2. The number of nitrogens with one attached hydrogen (secondary N) is 2. The first-order valence-electron chi connectivity index (χ1n) is 16.7. The van der Waals surface area contributed by atoms with Gasteiger partial charge in [0.25, 0.3) is 5.91 Å². The number of aliphatic hydroxyl groups is 1. The molecule has 49 heavy (non-hydrogen) atoms. The van der Waals surface area contributed by atoms with Gasteiger partial charge in [-0.15, -0.1) is 0 Å². The van der Waals surface area contributed by atoms with Crippen molar-refractivity contribution in [2.75, 3.05) is 35.2 Å². The number of ether oxygens (including phenoxy) is 2. The van der Waals surface area contributed by atoms with Crippen molar-refractivity contribution in [1.29, 1.82) is 0 Å². The summed E-state index contributed by atoms with van der Waals surface area (Å²) in [4.78, 5) is 46.7. The molecule has 1 aromatic carbocycles. The fourth-order valence-electron chi connectivity index (χ4n) is 5.32. The van der Waals surface area contributed by atoms with E-state index in [2.05, 4.69) is 22.3 Å². The lowest BCUT2D eigenvalue weighted by Crippen LogP contribution is -2.49. The molecule has 0 spiro atoms. The van der Waals surface area contributed by atoms with E-state index in [-0.39, 0.29) is 30.8 Å². The highest BCUT2D eigenvalue weighted by atomic mass is 16.6. The Hall–Kier alpha value is -4.65. The number of likely N-dealkylation sites (tertiary alicyclic amines) is 1. The van der Waals surface area contributed by atoms with Gasteiger partial charge in [0.15, 0.2) is 5.65 Å². The van der Waals surface area contributed by atoms with E-state index in [9.17, 15) is 19.5 Å². The van der Waals surface area contributed by atoms with Crippen LogP contribution in [0.2, 0.25) is 0 Å². The minimum atomic E-state index is -0.780. The molecule has 2 aromatic heterocycles. The summed E-state index contributed by atoms with van der Waals surface area (Å²) in [6, 6.07) is 8.96. The molecule has 3 heterocycles. The van der Waals surface area contributed by atoms with Gasteiger partial charge in [0.1, 0.15) is 22.8 Å². The minimum Gasteiger partial charge on any atom is -0.444 e. The number of hydrogen-bond acceptors (Lipinski definition) is 9. The van der Waals surface area contributed by atoms with Gasteiger partial charge in [0.05, 0.1) is 25.4 Å². The van der Waals surface area contributed by atoms with E-state index in [0.717, 1.165) is 11.1 Å². The Morgan fingerprint density at radius 1 is 1.10 bits per heavy atom. The molecule has 0 unspecified atom stereocenters. The SMILES string of the molecule is C=C(C)C(=O)Nc1cccc(CN(C(=O)OC(C)(C)C)c2cc(NC[C@H]3CCN(C(=O)OC(C)(C)C)C[C@@H]3O)nc3c(C(C)C)cnn23)c1. The first-order chi connectivity index (χ1) is 22.8. The number of amides is 3. The van der Waals surface area contributed by atoms with Crippen molar-refractivity contribution in [3.05, 3.63) is 59.8 Å². The summed E-state index contributed by atoms with van der Waals surface area (Å²) in [5.41, 5.74) is 1.74. The van der Waals surface area contributed by atoms with Crippen LogP contribution in [0.5, 0.6) is 0 Å². The van der Waals surface area contributed by atoms with E-state index < -0.39 is 29.5 Å². The highest BCUT2D eigenvalue weighted by molar-refractivity contribution is 6.02. The minimum absolute atomic E-state index is 0.0932. The Morgan fingerprint density at radius 2 is 1.80 bits per heavy atom. The number of fused-ring (bicyclic) bond motifs is 1. The summed E-state index contributed by atoms with van der Waals surface area (Å²) in [7, 11) is 0. The number of rotatable bonds is 9. The maximum atomic E-state index is 13.9. The van der Waals surface area contributed by atoms with Crippen molar-refractivity contribution in [1.82, 2.24) is 19.5 Å². The molecular formula is C36H51N7O6. The maximum Gasteiger partial charge on any atom is 0.416 e. The molecule has 0 aliphatic carbocycles. The fourth-order valence-corrected chi connectivity index (χ4v) is 5.32. The highest BCUT2D eigenvalue weighted by Crippen LogP contribution is 2.30. The quantitative estimate of drug-likeness (QED) is 0.221. The number of nitrogens with zero attached hydrogens (tertiary/aromatic N) is 5. The van der Waals surface area contributed by atoms with Gasteiger partial charge in [0.2, 0.25) is 0 Å². The Morgan fingerprint density at radius 3 is 2.41 bits per heavy atom. The van der Waals surface area contributed by atoms with Crippen LogP contribution in [0.1, 0.15) is 85.8 Å². The third-order valence-electron chi connectivity index (χ3n) is 7.82. The van der Waals surface area contributed by atoms with Crippen molar-refractivity contribution in [3.8, 4) is 0 Å². The van der Waals surface area contributed by atoms with Crippen LogP contribution >= 0.6 is 0 Å². The first kappa shape index (κ1) is 37.2. The van der Waals surface area contributed by atoms with Crippen LogP contribution in [-0.2, 0) is 20.8 Å². The molecule has 13 heteroatoms. The molecule has 1 saturated heterocycles. The predicted molar refractivity (Wildman–Crippen MR) is 190 cm³/mol. The van der Waals surface area contributed by atoms with Gasteiger partial charge >= 0.3 is 12.2 Å². The second-order valence-corrected chi connectivity index (χ2v) is 14.9. The number of aromatic nitrogens is 3. The van der Waals surface area contributed by atoms with Crippen LogP contribution in [0, 0.1) is 5.92 Å². The summed E-state index contributed by atoms with van der Waals surface area (Å²) < 4.78 is 13.0. The van der Waals surface area contributed by atoms with Crippen molar-refractivity contribution in [3.63, 3.8) is 0 Å². The Kier molecular flexibility index (Phi) is 11.3. The molecule has 3 aromatic rings. The number of β-amino-alcohol motifs (C(OH)–C–C–N with tert-alkyl or cyclic N) is 1. The summed E-state index contributed by atoms with van der Waals surface area (Å²) >= 11 is 0. The first-order valence-corrected chi connectivity index (χ1v) is 16.7. The van der Waals surface area contributed by atoms with Crippen LogP contribution in [-0.4, -0.2) is 79.6 Å². The lowest BCUT2D eigenvalue weighted by Gasteiger charge is -2.36. The molecule has 1 aliphatic rings. The van der Waals surface area contributed by atoms with E-state index in [1.54, 1.807) is 62.7 Å². The van der Waals surface area contributed by atoms with Crippen molar-refractivity contribution < 1.29 is 29.0 Å². The Bertz CT molecular complexity index is 1690. The van der Waals surface area contributed by atoms with E-state index in [1.165, 1.54) is 9.80 Å². The van der Waals surface area contributed by atoms with Gasteiger partial charge < -0.3 is 30.1 Å². The highest BCUT2D eigenvalue weighted by Gasteiger charge is 2.33. The van der Waals surface area contributed by atoms with E-state index in [1.807, 2.05) is 40.7 Å². The summed E-state index contributed by atoms with van der Waals surface area (Å²) in [5, 5.41) is 21.8. The average Bonchev–Trinajstić information content (AvgIpc) is 3.42.